The van der Waals surface area contributed by atoms with Crippen LogP contribution in [-0.2, 0) is 6.42 Å². The number of rotatable bonds is 1. The molecule has 82 valence electrons. The Kier molecular flexibility index (Phi) is 2.32. The number of thiazole rings is 1. The quantitative estimate of drug-likeness (QED) is 0.816. The summed E-state index contributed by atoms with van der Waals surface area (Å²) >= 11 is 1.60. The molecule has 0 bridgehead atoms. The van der Waals surface area contributed by atoms with E-state index in [0.717, 1.165) is 19.3 Å². The molecule has 3 rings (SSSR count). The molecule has 1 atom stereocenters. The Morgan fingerprint density at radius 1 is 1.31 bits per heavy atom. The largest absolute Gasteiger partial charge is 0.375 e. The van der Waals surface area contributed by atoms with Crippen LogP contribution in [0.15, 0.2) is 18.7 Å². The molecule has 2 N–H and O–H groups in total. The Hall–Kier alpha value is -1.49. The highest BCUT2D eigenvalue weighted by molar-refractivity contribution is 7.15. The molecule has 0 aromatic carbocycles. The first-order valence-electron chi connectivity index (χ1n) is 5.34. The predicted octanol–water partition coefficient (Wildman–Crippen LogP) is 1.98. The number of hydrogen-bond donors (Lipinski definition) is 1. The van der Waals surface area contributed by atoms with Gasteiger partial charge in [-0.05, 0) is 24.8 Å². The summed E-state index contributed by atoms with van der Waals surface area (Å²) in [4.78, 5) is 13.8. The summed E-state index contributed by atoms with van der Waals surface area (Å²) in [6.45, 7) is 0. The summed E-state index contributed by atoms with van der Waals surface area (Å²) in [6, 6.07) is 0. The first kappa shape index (κ1) is 9.72. The van der Waals surface area contributed by atoms with Gasteiger partial charge in [-0.3, -0.25) is 0 Å². The lowest BCUT2D eigenvalue weighted by Gasteiger charge is -2.20. The Morgan fingerprint density at radius 2 is 2.12 bits per heavy atom. The zero-order chi connectivity index (χ0) is 11.0. The van der Waals surface area contributed by atoms with Crippen LogP contribution >= 0.6 is 11.3 Å². The SMILES string of the molecule is Nc1nc2c(s1)C(c1cncnc1)CCC2. The van der Waals surface area contributed by atoms with E-state index in [-0.39, 0.29) is 0 Å². The lowest BCUT2D eigenvalue weighted by atomic mass is 9.87. The molecule has 0 amide bonds. The van der Waals surface area contributed by atoms with E-state index in [1.54, 1.807) is 17.7 Å². The van der Waals surface area contributed by atoms with Crippen LogP contribution in [0.2, 0.25) is 0 Å². The van der Waals surface area contributed by atoms with E-state index in [1.807, 2.05) is 12.4 Å². The van der Waals surface area contributed by atoms with E-state index in [2.05, 4.69) is 15.0 Å². The van der Waals surface area contributed by atoms with E-state index in [0.29, 0.717) is 11.0 Å². The number of nitrogen functional groups attached to an aromatic ring is 1. The van der Waals surface area contributed by atoms with Crippen LogP contribution in [0, 0.1) is 0 Å². The zero-order valence-corrected chi connectivity index (χ0v) is 9.57. The summed E-state index contributed by atoms with van der Waals surface area (Å²) in [5, 5.41) is 0.675. The van der Waals surface area contributed by atoms with E-state index in [4.69, 9.17) is 5.73 Å². The van der Waals surface area contributed by atoms with Gasteiger partial charge in [-0.1, -0.05) is 0 Å². The van der Waals surface area contributed by atoms with Gasteiger partial charge in [0.1, 0.15) is 6.33 Å². The van der Waals surface area contributed by atoms with Crippen LogP contribution in [-0.4, -0.2) is 15.0 Å². The fraction of sp³-hybridized carbons (Fsp3) is 0.364. The minimum absolute atomic E-state index is 0.389. The van der Waals surface area contributed by atoms with E-state index in [9.17, 15) is 0 Å². The molecule has 0 radical (unpaired) electrons. The monoisotopic (exact) mass is 232 g/mol. The summed E-state index contributed by atoms with van der Waals surface area (Å²) in [5.41, 5.74) is 8.12. The lowest BCUT2D eigenvalue weighted by molar-refractivity contribution is 0.614. The summed E-state index contributed by atoms with van der Waals surface area (Å²) < 4.78 is 0. The molecular weight excluding hydrogens is 220 g/mol. The van der Waals surface area contributed by atoms with Crippen LogP contribution in [0.4, 0.5) is 5.13 Å². The first-order valence-corrected chi connectivity index (χ1v) is 6.16. The van der Waals surface area contributed by atoms with Crippen molar-refractivity contribution in [3.05, 3.63) is 34.9 Å². The van der Waals surface area contributed by atoms with Crippen LogP contribution in [0.25, 0.3) is 0 Å². The van der Waals surface area contributed by atoms with Gasteiger partial charge in [0.15, 0.2) is 5.13 Å². The molecule has 0 fully saturated rings. The molecule has 2 aromatic rings. The van der Waals surface area contributed by atoms with Gasteiger partial charge in [-0.15, -0.1) is 11.3 Å². The van der Waals surface area contributed by atoms with Crippen molar-refractivity contribution in [3.63, 3.8) is 0 Å². The van der Waals surface area contributed by atoms with Crippen molar-refractivity contribution in [3.8, 4) is 0 Å². The van der Waals surface area contributed by atoms with Crippen molar-refractivity contribution in [1.29, 1.82) is 0 Å². The molecule has 0 saturated carbocycles. The van der Waals surface area contributed by atoms with E-state index in [1.165, 1.54) is 16.1 Å². The standard InChI is InChI=1S/C11H12N4S/c12-11-15-9-3-1-2-8(10(9)16-11)7-4-13-6-14-5-7/h4-6,8H,1-3H2,(H2,12,15). The third-order valence-corrected chi connectivity index (χ3v) is 3.99. The second-order valence-electron chi connectivity index (χ2n) is 3.98. The van der Waals surface area contributed by atoms with Gasteiger partial charge in [-0.25, -0.2) is 15.0 Å². The minimum Gasteiger partial charge on any atom is -0.375 e. The number of hydrogen-bond acceptors (Lipinski definition) is 5. The van der Waals surface area contributed by atoms with Crippen LogP contribution in [0.5, 0.6) is 0 Å². The molecule has 2 aromatic heterocycles. The van der Waals surface area contributed by atoms with Crippen LogP contribution in [0.1, 0.15) is 34.9 Å². The highest BCUT2D eigenvalue weighted by Crippen LogP contribution is 2.40. The number of fused-ring (bicyclic) bond motifs is 1. The molecule has 2 heterocycles. The Balaban J connectivity index is 2.05. The highest BCUT2D eigenvalue weighted by Gasteiger charge is 2.25. The van der Waals surface area contributed by atoms with Crippen molar-refractivity contribution >= 4 is 16.5 Å². The molecule has 1 unspecified atom stereocenters. The van der Waals surface area contributed by atoms with E-state index < -0.39 is 0 Å². The second-order valence-corrected chi connectivity index (χ2v) is 5.04. The van der Waals surface area contributed by atoms with Crippen LogP contribution in [0.3, 0.4) is 0 Å². The van der Waals surface area contributed by atoms with Crippen molar-refractivity contribution in [2.24, 2.45) is 0 Å². The number of anilines is 1. The maximum atomic E-state index is 5.77. The third-order valence-electron chi connectivity index (χ3n) is 2.95. The van der Waals surface area contributed by atoms with Crippen molar-refractivity contribution in [1.82, 2.24) is 15.0 Å². The second kappa shape index (κ2) is 3.83. The first-order chi connectivity index (χ1) is 7.84. The van der Waals surface area contributed by atoms with Gasteiger partial charge in [0.2, 0.25) is 0 Å². The molecule has 1 aliphatic carbocycles. The normalized spacial score (nSPS) is 19.4. The number of aromatic nitrogens is 3. The lowest BCUT2D eigenvalue weighted by Crippen LogP contribution is -2.09. The minimum atomic E-state index is 0.389. The maximum Gasteiger partial charge on any atom is 0.180 e. The molecule has 4 nitrogen and oxygen atoms in total. The van der Waals surface area contributed by atoms with Crippen molar-refractivity contribution < 1.29 is 0 Å². The Labute approximate surface area is 97.6 Å². The van der Waals surface area contributed by atoms with Gasteiger partial charge >= 0.3 is 0 Å². The predicted molar refractivity (Wildman–Crippen MR) is 63.3 cm³/mol. The zero-order valence-electron chi connectivity index (χ0n) is 8.76. The van der Waals surface area contributed by atoms with Crippen molar-refractivity contribution in [2.75, 3.05) is 5.73 Å². The molecule has 1 aliphatic rings. The summed E-state index contributed by atoms with van der Waals surface area (Å²) in [5.74, 6) is 0.389. The number of aryl methyl sites for hydroxylation is 1. The maximum absolute atomic E-state index is 5.77. The Morgan fingerprint density at radius 3 is 2.94 bits per heavy atom. The topological polar surface area (TPSA) is 64.7 Å². The molecule has 5 heteroatoms. The van der Waals surface area contributed by atoms with Gasteiger partial charge in [0.05, 0.1) is 5.69 Å². The van der Waals surface area contributed by atoms with Gasteiger partial charge in [0, 0.05) is 23.2 Å². The molecule has 0 spiro atoms. The van der Waals surface area contributed by atoms with Gasteiger partial charge in [0.25, 0.3) is 0 Å². The third kappa shape index (κ3) is 1.57. The average molecular weight is 232 g/mol. The number of nitrogens with two attached hydrogens (primary N) is 1. The number of nitrogens with zero attached hydrogens (tertiary/aromatic N) is 3. The summed E-state index contributed by atoms with van der Waals surface area (Å²) in [6.07, 6.45) is 8.70. The molecule has 0 saturated heterocycles. The molecular formula is C11H12N4S. The van der Waals surface area contributed by atoms with Gasteiger partial charge in [-0.2, -0.15) is 0 Å². The smallest absolute Gasteiger partial charge is 0.180 e. The van der Waals surface area contributed by atoms with Gasteiger partial charge < -0.3 is 5.73 Å². The average Bonchev–Trinajstić information content (AvgIpc) is 2.70. The Bertz CT molecular complexity index is 494. The fourth-order valence-electron chi connectivity index (χ4n) is 2.25. The molecule has 0 aliphatic heterocycles. The highest BCUT2D eigenvalue weighted by atomic mass is 32.1. The van der Waals surface area contributed by atoms with Crippen molar-refractivity contribution in [2.45, 2.75) is 25.2 Å². The summed E-state index contributed by atoms with van der Waals surface area (Å²) in [7, 11) is 0. The fourth-order valence-corrected chi connectivity index (χ4v) is 3.29. The van der Waals surface area contributed by atoms with E-state index >= 15 is 0 Å². The van der Waals surface area contributed by atoms with Crippen LogP contribution < -0.4 is 5.73 Å². The molecule has 16 heavy (non-hydrogen) atoms.